The van der Waals surface area contributed by atoms with Crippen LogP contribution in [0.2, 0.25) is 10.0 Å². The maximum Gasteiger partial charge on any atom is 0.338 e. The van der Waals surface area contributed by atoms with Gasteiger partial charge in [-0.25, -0.2) is 37.9 Å². The fourth-order valence-electron chi connectivity index (χ4n) is 10.3. The Kier molecular flexibility index (Phi) is 25.6. The van der Waals surface area contributed by atoms with Crippen molar-refractivity contribution in [2.75, 3.05) is 78.5 Å². The number of hydrogen-bond donors (Lipinski definition) is 4. The topological polar surface area (TPSA) is 252 Å². The third-order valence-electron chi connectivity index (χ3n) is 14.1. The van der Waals surface area contributed by atoms with Crippen molar-refractivity contribution in [3.05, 3.63) is 125 Å². The Balaban J connectivity index is 0.000000250. The van der Waals surface area contributed by atoms with Crippen molar-refractivity contribution >= 4 is 109 Å². The third-order valence-corrected chi connectivity index (χ3v) is 16.9. The molecule has 10 rings (SSSR count). The van der Waals surface area contributed by atoms with Crippen LogP contribution in [0.5, 0.6) is 0 Å². The van der Waals surface area contributed by atoms with Gasteiger partial charge in [0.25, 0.3) is 0 Å². The molecular weight excluding hydrogens is 1240 g/mol. The summed E-state index contributed by atoms with van der Waals surface area (Å²) in [6.07, 6.45) is 7.84. The Bertz CT molecular complexity index is 3120. The number of allylic oxidation sites excluding steroid dienone is 1. The molecule has 6 aliphatic heterocycles. The largest absolute Gasteiger partial charge is 0.481 e. The molecule has 2 aromatic carbocycles. The van der Waals surface area contributed by atoms with E-state index in [4.69, 9.17) is 47.9 Å². The fourth-order valence-corrected chi connectivity index (χ4v) is 12.5. The van der Waals surface area contributed by atoms with Gasteiger partial charge < -0.3 is 49.9 Å². The lowest BCUT2D eigenvalue weighted by atomic mass is 9.95. The highest BCUT2D eigenvalue weighted by Crippen LogP contribution is 2.39. The Labute approximate surface area is 513 Å². The maximum absolute atomic E-state index is 13.9. The highest BCUT2D eigenvalue weighted by molar-refractivity contribution is 9.09. The Morgan fingerprint density at radius 2 is 1.17 bits per heavy atom. The summed E-state index contributed by atoms with van der Waals surface area (Å²) in [4.78, 5) is 99.0. The summed E-state index contributed by atoms with van der Waals surface area (Å²) in [7, 11) is 2.59. The zero-order valence-electron chi connectivity index (χ0n) is 44.0. The number of benzene rings is 2. The normalized spacial score (nSPS) is 19.9. The maximum atomic E-state index is 13.9. The monoisotopic (exact) mass is 1310 g/mol. The molecule has 0 aliphatic carbocycles. The summed E-state index contributed by atoms with van der Waals surface area (Å²) in [6.45, 7) is 5.11. The number of thiazole rings is 2. The van der Waals surface area contributed by atoms with Crippen molar-refractivity contribution in [3.63, 3.8) is 0 Å². The number of nitrogens with zero attached hydrogens (tertiary/aromatic N) is 9. The summed E-state index contributed by atoms with van der Waals surface area (Å²) >= 11 is 18.8. The Morgan fingerprint density at radius 1 is 0.690 bits per heavy atom. The lowest BCUT2D eigenvalue weighted by Crippen LogP contribution is -2.53. The number of ether oxygens (including phenoxy) is 2. The van der Waals surface area contributed by atoms with E-state index in [0.717, 1.165) is 25.9 Å². The molecule has 84 heavy (non-hydrogen) atoms. The number of carboxylic acids is 2. The van der Waals surface area contributed by atoms with Crippen LogP contribution >= 0.6 is 61.8 Å². The average Bonchev–Trinajstić information content (AvgIpc) is 2.57. The second kappa shape index (κ2) is 31.5. The molecule has 0 bridgehead atoms. The molecule has 21 nitrogen and oxygen atoms in total. The van der Waals surface area contributed by atoms with E-state index < -0.39 is 47.6 Å². The smallest absolute Gasteiger partial charge is 0.338 e. The highest BCUT2D eigenvalue weighted by atomic mass is 79.9. The first-order chi connectivity index (χ1) is 39.0. The molecule has 4 fully saturated rings. The number of amides is 4. The number of aliphatic imine (C=N–C) groups is 2. The molecule has 4 amide bonds. The number of aliphatic carboxylic acids is 2. The van der Waals surface area contributed by atoms with Gasteiger partial charge in [-0.3, -0.25) is 24.5 Å². The standard InChI is InChI=1S/C26H28ClFN6O5S.C16H12BrClFN3O2S.C11H18N2O3.3CH4/c1-39-25(37)21-19(14-32-8-9-34-16(12-32)13-33(26(34)38)7-2-3-20(35)36)30-23(24-29-6-10-40-24)31-22(21)17-5-4-15(28)11-18(17)27;1-24-16(23)12-11(7-17)21-14(15-20-4-5-25-15)22-13(12)9-3-2-8(19)6-10(9)18;14-10(15)5-3-6-12-8-9-4-1-2-7-13(9)11(12)16;;;/h4-6,10-11,16,22H,2-3,7-9,12-14H2,1H3,(H,30,31)(H,35,36);2-6,13H,7H2,1H3,(H,21,22);9H,1-8H2,(H,14,15);3*1H4/t16-,22-;13-;9-;;;/m000.../s1. The van der Waals surface area contributed by atoms with Crippen LogP contribution in [-0.2, 0) is 28.7 Å². The minimum absolute atomic E-state index is 0. The highest BCUT2D eigenvalue weighted by Gasteiger charge is 2.42. The minimum Gasteiger partial charge on any atom is -0.481 e. The van der Waals surface area contributed by atoms with Crippen molar-refractivity contribution in [1.29, 1.82) is 0 Å². The number of carbonyl (C=O) groups excluding carboxylic acids is 4. The third kappa shape index (κ3) is 16.4. The van der Waals surface area contributed by atoms with Gasteiger partial charge in [0.2, 0.25) is 0 Å². The number of esters is 2. The van der Waals surface area contributed by atoms with Gasteiger partial charge in [-0.05, 0) is 56.4 Å². The van der Waals surface area contributed by atoms with Crippen molar-refractivity contribution in [1.82, 2.24) is 45.1 Å². The molecule has 6 aliphatic rings. The van der Waals surface area contributed by atoms with Crippen LogP contribution in [-0.4, -0.2) is 183 Å². The number of piperidine rings is 1. The van der Waals surface area contributed by atoms with Crippen molar-refractivity contribution in [2.45, 2.75) is 91.4 Å². The van der Waals surface area contributed by atoms with Crippen LogP contribution in [0.1, 0.15) is 100 Å². The average molecular weight is 1310 g/mol. The van der Waals surface area contributed by atoms with Gasteiger partial charge in [0, 0.05) is 133 Å². The van der Waals surface area contributed by atoms with E-state index >= 15 is 0 Å². The molecule has 2 aromatic heterocycles. The number of rotatable bonds is 17. The predicted molar refractivity (Wildman–Crippen MR) is 323 cm³/mol. The van der Waals surface area contributed by atoms with E-state index in [2.05, 4.69) is 46.4 Å². The van der Waals surface area contributed by atoms with Gasteiger partial charge in [0.15, 0.2) is 21.7 Å². The molecule has 4 atom stereocenters. The van der Waals surface area contributed by atoms with E-state index in [9.17, 15) is 37.5 Å². The number of halogens is 5. The first-order valence-corrected chi connectivity index (χ1v) is 29.5. The van der Waals surface area contributed by atoms with Crippen LogP contribution in [0.25, 0.3) is 0 Å². The lowest BCUT2D eigenvalue weighted by Gasteiger charge is -2.38. The van der Waals surface area contributed by atoms with Crippen LogP contribution in [0.3, 0.4) is 0 Å². The lowest BCUT2D eigenvalue weighted by molar-refractivity contribution is -0.138. The van der Waals surface area contributed by atoms with Gasteiger partial charge in [-0.15, -0.1) is 22.7 Å². The zero-order valence-corrected chi connectivity index (χ0v) is 48.7. The van der Waals surface area contributed by atoms with Gasteiger partial charge in [0.1, 0.15) is 23.7 Å². The molecule has 28 heteroatoms. The quantitative estimate of drug-likeness (QED) is 0.0567. The fraction of sp³-hybridized carbons (Fsp3) is 0.464. The van der Waals surface area contributed by atoms with E-state index in [1.165, 1.54) is 79.7 Å². The first kappa shape index (κ1) is 68.2. The number of aromatic nitrogens is 2. The summed E-state index contributed by atoms with van der Waals surface area (Å²) in [5.41, 5.74) is 2.70. The molecule has 4 aromatic rings. The molecule has 4 saturated heterocycles. The van der Waals surface area contributed by atoms with Gasteiger partial charge in [0.05, 0.1) is 37.4 Å². The number of nitrogens with one attached hydrogen (secondary N) is 2. The second-order valence-corrected chi connectivity index (χ2v) is 22.5. The van der Waals surface area contributed by atoms with Gasteiger partial charge >= 0.3 is 35.9 Å². The molecule has 0 radical (unpaired) electrons. The number of alkyl halides is 1. The van der Waals surface area contributed by atoms with Crippen LogP contribution in [0, 0.1) is 11.6 Å². The first-order valence-electron chi connectivity index (χ1n) is 25.8. The molecular formula is C56H70BrCl2F2N11O10S2. The van der Waals surface area contributed by atoms with Crippen LogP contribution in [0.15, 0.2) is 92.1 Å². The number of methoxy groups -OCH3 is 2. The van der Waals surface area contributed by atoms with Gasteiger partial charge in [-0.2, -0.15) is 0 Å². The Hall–Kier alpha value is -6.58. The van der Waals surface area contributed by atoms with Crippen molar-refractivity contribution in [2.24, 2.45) is 9.98 Å². The summed E-state index contributed by atoms with van der Waals surface area (Å²) in [6, 6.07) is 6.73. The van der Waals surface area contributed by atoms with E-state index in [-0.39, 0.29) is 68.8 Å². The summed E-state index contributed by atoms with van der Waals surface area (Å²) in [5, 5.41) is 29.5. The molecule has 0 saturated carbocycles. The van der Waals surface area contributed by atoms with Gasteiger partial charge in [-0.1, -0.05) is 73.5 Å². The Morgan fingerprint density at radius 3 is 1.61 bits per heavy atom. The number of carboxylic acid groups (broad SMARTS) is 2. The number of piperazine rings is 1. The van der Waals surface area contributed by atoms with Crippen LogP contribution < -0.4 is 10.6 Å². The molecule has 0 spiro atoms. The number of hydrogen-bond acceptors (Lipinski definition) is 17. The summed E-state index contributed by atoms with van der Waals surface area (Å²) in [5.74, 6) is -2.78. The minimum atomic E-state index is -0.883. The second-order valence-electron chi connectivity index (χ2n) is 19.3. The molecule has 8 heterocycles. The zero-order chi connectivity index (χ0) is 57.9. The van der Waals surface area contributed by atoms with Crippen molar-refractivity contribution < 1.29 is 57.2 Å². The van der Waals surface area contributed by atoms with E-state index in [0.29, 0.717) is 120 Å². The van der Waals surface area contributed by atoms with Crippen LogP contribution in [0.4, 0.5) is 18.4 Å². The molecule has 4 N–H and O–H groups in total. The molecule has 456 valence electrons. The number of amidine groups is 2. The number of fused-ring (bicyclic) bond motifs is 2. The van der Waals surface area contributed by atoms with Crippen molar-refractivity contribution in [3.8, 4) is 0 Å². The summed E-state index contributed by atoms with van der Waals surface area (Å²) < 4.78 is 37.4. The number of urea groups is 2. The number of carbonyl (C=O) groups is 6. The molecule has 0 unspecified atom stereocenters. The van der Waals surface area contributed by atoms with E-state index in [1.807, 2.05) is 20.6 Å². The van der Waals surface area contributed by atoms with E-state index in [1.54, 1.807) is 22.2 Å². The predicted octanol–water partition coefficient (Wildman–Crippen LogP) is 9.64. The SMILES string of the molecule is C.C.C.COC(=O)C1=C(CBr)NC(c2nccs2)=N[C@H]1c1ccc(F)cc1Cl.COC(=O)C1=C(CN2CCN3C(=O)N(CCCC(=O)O)C[C@@H]3C2)NC(c2nccs2)=N[C@H]1c1ccc(F)cc1Cl.O=C(O)CCCN1C[C@@H]2CCCCN2C1=O.